The molecule has 5 rings (SSSR count). The van der Waals surface area contributed by atoms with Gasteiger partial charge in [0, 0.05) is 44.1 Å². The number of methoxy groups -OCH3 is 1. The van der Waals surface area contributed by atoms with Crippen LogP contribution in [0.1, 0.15) is 5.56 Å². The third-order valence-corrected chi connectivity index (χ3v) is 6.06. The molecule has 1 aromatic carbocycles. The van der Waals surface area contributed by atoms with Gasteiger partial charge >= 0.3 is 0 Å². The molecule has 9 nitrogen and oxygen atoms in total. The van der Waals surface area contributed by atoms with Gasteiger partial charge in [0.15, 0.2) is 11.6 Å². The highest BCUT2D eigenvalue weighted by molar-refractivity contribution is 5.68. The molecule has 1 N–H and O–H groups in total. The van der Waals surface area contributed by atoms with Crippen molar-refractivity contribution in [1.29, 1.82) is 0 Å². The van der Waals surface area contributed by atoms with Gasteiger partial charge < -0.3 is 19.6 Å². The standard InChI is InChI=1S/C25H26FN7O2/c1-31-8-10-32(11-9-31)22-12-17(16-34)13-23(30-22)33-15-18(14-28-33)20-6-7-27-25(29-20)24-19(26)4-3-5-21(24)35-2/h3-7,12-15,34H,8-11,16H2,1-2H3. The minimum absolute atomic E-state index is 0.0931. The van der Waals surface area contributed by atoms with Gasteiger partial charge in [-0.3, -0.25) is 0 Å². The van der Waals surface area contributed by atoms with Crippen LogP contribution in [0.15, 0.2) is 55.0 Å². The fourth-order valence-electron chi connectivity index (χ4n) is 4.07. The Morgan fingerprint density at radius 3 is 2.63 bits per heavy atom. The van der Waals surface area contributed by atoms with Gasteiger partial charge in [-0.05, 0) is 42.9 Å². The summed E-state index contributed by atoms with van der Waals surface area (Å²) in [6.45, 7) is 3.55. The smallest absolute Gasteiger partial charge is 0.166 e. The molecule has 1 aliphatic heterocycles. The Bertz CT molecular complexity index is 1340. The van der Waals surface area contributed by atoms with E-state index in [9.17, 15) is 9.50 Å². The first-order valence-corrected chi connectivity index (χ1v) is 11.3. The summed E-state index contributed by atoms with van der Waals surface area (Å²) in [5.74, 6) is 1.54. The predicted octanol–water partition coefficient (Wildman–Crippen LogP) is 2.78. The molecular formula is C25H26FN7O2. The number of likely N-dealkylation sites (N-methyl/N-ethyl adjacent to an activating group) is 1. The normalized spacial score (nSPS) is 14.3. The zero-order valence-electron chi connectivity index (χ0n) is 19.6. The first kappa shape index (κ1) is 22.9. The van der Waals surface area contributed by atoms with E-state index in [0.29, 0.717) is 17.3 Å². The number of piperazine rings is 1. The Hall–Kier alpha value is -3.89. The fourth-order valence-corrected chi connectivity index (χ4v) is 4.07. The van der Waals surface area contributed by atoms with Crippen LogP contribution in [-0.4, -0.2) is 75.1 Å². The highest BCUT2D eigenvalue weighted by Crippen LogP contribution is 2.31. The summed E-state index contributed by atoms with van der Waals surface area (Å²) in [6, 6.07) is 10.1. The largest absolute Gasteiger partial charge is 0.496 e. The minimum Gasteiger partial charge on any atom is -0.496 e. The third kappa shape index (κ3) is 4.71. The molecule has 0 atom stereocenters. The lowest BCUT2D eigenvalue weighted by Gasteiger charge is -2.33. The van der Waals surface area contributed by atoms with Gasteiger partial charge in [0.05, 0.1) is 31.2 Å². The number of hydrogen-bond donors (Lipinski definition) is 1. The zero-order chi connectivity index (χ0) is 24.4. The van der Waals surface area contributed by atoms with E-state index < -0.39 is 5.82 Å². The molecule has 0 bridgehead atoms. The highest BCUT2D eigenvalue weighted by atomic mass is 19.1. The second-order valence-corrected chi connectivity index (χ2v) is 8.40. The van der Waals surface area contributed by atoms with E-state index in [1.807, 2.05) is 18.3 Å². The minimum atomic E-state index is -0.460. The molecule has 4 aromatic rings. The molecule has 180 valence electrons. The van der Waals surface area contributed by atoms with Crippen LogP contribution < -0.4 is 9.64 Å². The molecule has 4 heterocycles. The molecule has 0 aliphatic carbocycles. The van der Waals surface area contributed by atoms with Crippen molar-refractivity contribution in [3.63, 3.8) is 0 Å². The molecular weight excluding hydrogens is 449 g/mol. The number of pyridine rings is 1. The highest BCUT2D eigenvalue weighted by Gasteiger charge is 2.18. The van der Waals surface area contributed by atoms with E-state index >= 15 is 0 Å². The van der Waals surface area contributed by atoms with Gasteiger partial charge in [-0.1, -0.05) is 6.07 Å². The zero-order valence-corrected chi connectivity index (χ0v) is 19.6. The van der Waals surface area contributed by atoms with Gasteiger partial charge in [0.25, 0.3) is 0 Å². The number of rotatable bonds is 6. The van der Waals surface area contributed by atoms with Crippen molar-refractivity contribution in [2.24, 2.45) is 0 Å². The monoisotopic (exact) mass is 475 g/mol. The second kappa shape index (κ2) is 9.77. The van der Waals surface area contributed by atoms with Crippen LogP contribution in [0.5, 0.6) is 5.75 Å². The lowest BCUT2D eigenvalue weighted by Crippen LogP contribution is -2.44. The maximum Gasteiger partial charge on any atom is 0.166 e. The lowest BCUT2D eigenvalue weighted by molar-refractivity contribution is 0.281. The van der Waals surface area contributed by atoms with Crippen molar-refractivity contribution in [3.05, 3.63) is 66.4 Å². The molecule has 1 fully saturated rings. The van der Waals surface area contributed by atoms with Gasteiger partial charge in [-0.2, -0.15) is 5.10 Å². The summed E-state index contributed by atoms with van der Waals surface area (Å²) in [4.78, 5) is 18.1. The van der Waals surface area contributed by atoms with Crippen molar-refractivity contribution in [3.8, 4) is 34.2 Å². The number of benzene rings is 1. The fraction of sp³-hybridized carbons (Fsp3) is 0.280. The Labute approximate surface area is 202 Å². The Kier molecular flexibility index (Phi) is 6.39. The second-order valence-electron chi connectivity index (χ2n) is 8.40. The van der Waals surface area contributed by atoms with Gasteiger partial charge in [-0.25, -0.2) is 24.0 Å². The van der Waals surface area contributed by atoms with Crippen LogP contribution in [-0.2, 0) is 6.61 Å². The van der Waals surface area contributed by atoms with Gasteiger partial charge in [-0.15, -0.1) is 0 Å². The van der Waals surface area contributed by atoms with Gasteiger partial charge in [0.1, 0.15) is 17.4 Å². The SMILES string of the molecule is COc1cccc(F)c1-c1nccc(-c2cnn(-c3cc(CO)cc(N4CCN(C)CC4)n3)c2)n1. The van der Waals surface area contributed by atoms with Crippen LogP contribution in [0.2, 0.25) is 0 Å². The van der Waals surface area contributed by atoms with Crippen LogP contribution in [0, 0.1) is 5.82 Å². The maximum absolute atomic E-state index is 14.6. The number of hydrogen-bond acceptors (Lipinski definition) is 8. The Balaban J connectivity index is 1.48. The van der Waals surface area contributed by atoms with E-state index in [0.717, 1.165) is 43.1 Å². The summed E-state index contributed by atoms with van der Waals surface area (Å²) >= 11 is 0. The summed E-state index contributed by atoms with van der Waals surface area (Å²) in [6.07, 6.45) is 5.06. The van der Waals surface area contributed by atoms with Crippen molar-refractivity contribution in [1.82, 2.24) is 29.6 Å². The molecule has 1 saturated heterocycles. The average Bonchev–Trinajstić information content (AvgIpc) is 3.39. The number of halogens is 1. The number of aliphatic hydroxyl groups is 1. The third-order valence-electron chi connectivity index (χ3n) is 6.06. The van der Waals surface area contributed by atoms with E-state index in [-0.39, 0.29) is 18.0 Å². The summed E-state index contributed by atoms with van der Waals surface area (Å²) in [7, 11) is 3.59. The van der Waals surface area contributed by atoms with E-state index in [4.69, 9.17) is 9.72 Å². The molecule has 0 saturated carbocycles. The predicted molar refractivity (Wildman–Crippen MR) is 130 cm³/mol. The number of nitrogens with zero attached hydrogens (tertiary/aromatic N) is 7. The molecule has 10 heteroatoms. The first-order valence-electron chi connectivity index (χ1n) is 11.3. The Morgan fingerprint density at radius 1 is 1.06 bits per heavy atom. The topological polar surface area (TPSA) is 92.4 Å². The van der Waals surface area contributed by atoms with E-state index in [2.05, 4.69) is 31.9 Å². The number of anilines is 1. The van der Waals surface area contributed by atoms with Crippen molar-refractivity contribution in [2.45, 2.75) is 6.61 Å². The van der Waals surface area contributed by atoms with E-state index in [1.54, 1.807) is 35.3 Å². The van der Waals surface area contributed by atoms with Gasteiger partial charge in [0.2, 0.25) is 0 Å². The lowest BCUT2D eigenvalue weighted by atomic mass is 10.1. The number of ether oxygens (including phenoxy) is 1. The summed E-state index contributed by atoms with van der Waals surface area (Å²) in [5.41, 5.74) is 2.28. The van der Waals surface area contributed by atoms with Crippen molar-refractivity contribution in [2.75, 3.05) is 45.2 Å². The molecule has 0 spiro atoms. The summed E-state index contributed by atoms with van der Waals surface area (Å²) < 4.78 is 21.5. The van der Waals surface area contributed by atoms with Crippen LogP contribution in [0.4, 0.5) is 10.2 Å². The molecule has 3 aromatic heterocycles. The molecule has 1 aliphatic rings. The van der Waals surface area contributed by atoms with E-state index in [1.165, 1.54) is 13.2 Å². The maximum atomic E-state index is 14.6. The van der Waals surface area contributed by atoms with Crippen LogP contribution in [0.25, 0.3) is 28.5 Å². The molecule has 0 unspecified atom stereocenters. The van der Waals surface area contributed by atoms with Crippen molar-refractivity contribution < 1.29 is 14.2 Å². The molecule has 35 heavy (non-hydrogen) atoms. The van der Waals surface area contributed by atoms with Crippen LogP contribution >= 0.6 is 0 Å². The molecule has 0 radical (unpaired) electrons. The number of aromatic nitrogens is 5. The summed E-state index contributed by atoms with van der Waals surface area (Å²) in [5, 5.41) is 14.3. The average molecular weight is 476 g/mol. The quantitative estimate of drug-likeness (QED) is 0.455. The number of aliphatic hydroxyl groups excluding tert-OH is 1. The van der Waals surface area contributed by atoms with Crippen LogP contribution in [0.3, 0.4) is 0 Å². The first-order chi connectivity index (χ1) is 17.1. The molecule has 0 amide bonds. The Morgan fingerprint density at radius 2 is 1.86 bits per heavy atom. The van der Waals surface area contributed by atoms with Crippen molar-refractivity contribution >= 4 is 5.82 Å².